The second-order valence-corrected chi connectivity index (χ2v) is 5.38. The minimum atomic E-state index is -0.299. The molecule has 1 aliphatic rings. The lowest BCUT2D eigenvalue weighted by Gasteiger charge is -2.27. The molecular weight excluding hydrogens is 259 g/mol. The predicted molar refractivity (Wildman–Crippen MR) is 70.9 cm³/mol. The second-order valence-electron chi connectivity index (χ2n) is 4.53. The average Bonchev–Trinajstić information content (AvgIpc) is 2.65. The van der Waals surface area contributed by atoms with Crippen LogP contribution in [0.25, 0.3) is 0 Å². The molecule has 0 aliphatic carbocycles. The molecule has 2 heterocycles. The van der Waals surface area contributed by atoms with Gasteiger partial charge in [-0.25, -0.2) is 4.98 Å². The minimum Gasteiger partial charge on any atom is -0.393 e. The van der Waals surface area contributed by atoms with E-state index in [0.29, 0.717) is 16.1 Å². The Labute approximate surface area is 111 Å². The third-order valence-corrected chi connectivity index (χ3v) is 3.54. The van der Waals surface area contributed by atoms with Gasteiger partial charge in [0.25, 0.3) is 0 Å². The van der Waals surface area contributed by atoms with Crippen molar-refractivity contribution in [2.75, 3.05) is 11.4 Å². The van der Waals surface area contributed by atoms with Crippen molar-refractivity contribution >= 4 is 29.0 Å². The standard InChI is InChI=1S/C12H16Cl2N2O/c1-8(17)5-10-3-2-4-16(10)12-11(14)6-9(13)7-15-12/h6-8,10,17H,2-5H2,1H3. The maximum Gasteiger partial charge on any atom is 0.147 e. The number of nitrogens with zero attached hydrogens (tertiary/aromatic N) is 2. The Morgan fingerprint density at radius 2 is 2.35 bits per heavy atom. The highest BCUT2D eigenvalue weighted by Crippen LogP contribution is 2.32. The van der Waals surface area contributed by atoms with E-state index in [2.05, 4.69) is 9.88 Å². The maximum atomic E-state index is 9.49. The number of pyridine rings is 1. The van der Waals surface area contributed by atoms with Crippen LogP contribution in [0.1, 0.15) is 26.2 Å². The molecule has 1 aromatic heterocycles. The van der Waals surface area contributed by atoms with E-state index in [-0.39, 0.29) is 6.10 Å². The predicted octanol–water partition coefficient (Wildman–Crippen LogP) is 3.13. The molecule has 17 heavy (non-hydrogen) atoms. The first-order valence-corrected chi connectivity index (χ1v) is 6.59. The molecule has 1 aromatic rings. The van der Waals surface area contributed by atoms with Crippen LogP contribution in [-0.2, 0) is 0 Å². The van der Waals surface area contributed by atoms with E-state index in [1.807, 2.05) is 6.92 Å². The first kappa shape index (κ1) is 12.9. The zero-order valence-electron chi connectivity index (χ0n) is 9.74. The highest BCUT2D eigenvalue weighted by Gasteiger charge is 2.28. The number of aliphatic hydroxyl groups excluding tert-OH is 1. The third-order valence-electron chi connectivity index (χ3n) is 3.05. The first-order valence-electron chi connectivity index (χ1n) is 5.83. The Hall–Kier alpha value is -0.510. The van der Waals surface area contributed by atoms with Crippen LogP contribution in [0.15, 0.2) is 12.3 Å². The van der Waals surface area contributed by atoms with Gasteiger partial charge >= 0.3 is 0 Å². The normalized spacial score (nSPS) is 21.9. The molecule has 94 valence electrons. The summed E-state index contributed by atoms with van der Waals surface area (Å²) in [5, 5.41) is 10.6. The van der Waals surface area contributed by atoms with Gasteiger partial charge in [-0.1, -0.05) is 23.2 Å². The van der Waals surface area contributed by atoms with E-state index in [9.17, 15) is 5.11 Å². The van der Waals surface area contributed by atoms with E-state index >= 15 is 0 Å². The Balaban J connectivity index is 2.20. The smallest absolute Gasteiger partial charge is 0.147 e. The van der Waals surface area contributed by atoms with Crippen LogP contribution in [0, 0.1) is 0 Å². The number of hydrogen-bond acceptors (Lipinski definition) is 3. The third kappa shape index (κ3) is 3.03. The van der Waals surface area contributed by atoms with Crippen LogP contribution in [0.2, 0.25) is 10.0 Å². The summed E-state index contributed by atoms with van der Waals surface area (Å²) in [5.41, 5.74) is 0. The molecule has 2 unspecified atom stereocenters. The SMILES string of the molecule is CC(O)CC1CCCN1c1ncc(Cl)cc1Cl. The fourth-order valence-electron chi connectivity index (χ4n) is 2.37. The van der Waals surface area contributed by atoms with Crippen LogP contribution in [0.5, 0.6) is 0 Å². The molecule has 0 radical (unpaired) electrons. The van der Waals surface area contributed by atoms with Crippen molar-refractivity contribution in [3.8, 4) is 0 Å². The van der Waals surface area contributed by atoms with Gasteiger partial charge < -0.3 is 10.0 Å². The quantitative estimate of drug-likeness (QED) is 0.920. The topological polar surface area (TPSA) is 36.4 Å². The molecule has 1 fully saturated rings. The van der Waals surface area contributed by atoms with E-state index in [1.54, 1.807) is 12.3 Å². The largest absolute Gasteiger partial charge is 0.393 e. The number of aliphatic hydroxyl groups is 1. The van der Waals surface area contributed by atoms with Crippen molar-refractivity contribution in [1.29, 1.82) is 0 Å². The van der Waals surface area contributed by atoms with Gasteiger partial charge in [-0.3, -0.25) is 0 Å². The van der Waals surface area contributed by atoms with Crippen LogP contribution in [0.4, 0.5) is 5.82 Å². The Bertz CT molecular complexity index is 398. The van der Waals surface area contributed by atoms with E-state index in [4.69, 9.17) is 23.2 Å². The van der Waals surface area contributed by atoms with Crippen molar-refractivity contribution in [2.24, 2.45) is 0 Å². The van der Waals surface area contributed by atoms with E-state index < -0.39 is 0 Å². The molecule has 0 spiro atoms. The molecule has 0 amide bonds. The minimum absolute atomic E-state index is 0.299. The lowest BCUT2D eigenvalue weighted by molar-refractivity contribution is 0.175. The van der Waals surface area contributed by atoms with Crippen molar-refractivity contribution in [3.05, 3.63) is 22.3 Å². The number of halogens is 2. The summed E-state index contributed by atoms with van der Waals surface area (Å²) in [7, 11) is 0. The molecule has 0 aromatic carbocycles. The van der Waals surface area contributed by atoms with Gasteiger partial charge in [0.15, 0.2) is 0 Å². The molecule has 1 saturated heterocycles. The van der Waals surface area contributed by atoms with Gasteiger partial charge in [-0.2, -0.15) is 0 Å². The van der Waals surface area contributed by atoms with Gasteiger partial charge in [-0.05, 0) is 32.3 Å². The number of aromatic nitrogens is 1. The van der Waals surface area contributed by atoms with Crippen molar-refractivity contribution in [1.82, 2.24) is 4.98 Å². The lowest BCUT2D eigenvalue weighted by Crippen LogP contribution is -2.32. The van der Waals surface area contributed by atoms with Crippen molar-refractivity contribution in [3.63, 3.8) is 0 Å². The van der Waals surface area contributed by atoms with Crippen molar-refractivity contribution < 1.29 is 5.11 Å². The lowest BCUT2D eigenvalue weighted by atomic mass is 10.1. The van der Waals surface area contributed by atoms with Gasteiger partial charge in [-0.15, -0.1) is 0 Å². The Morgan fingerprint density at radius 3 is 3.00 bits per heavy atom. The summed E-state index contributed by atoms with van der Waals surface area (Å²) in [6.45, 7) is 2.75. The van der Waals surface area contributed by atoms with Crippen LogP contribution < -0.4 is 4.90 Å². The highest BCUT2D eigenvalue weighted by molar-refractivity contribution is 6.36. The van der Waals surface area contributed by atoms with Gasteiger partial charge in [0.1, 0.15) is 5.82 Å². The van der Waals surface area contributed by atoms with E-state index in [0.717, 1.165) is 31.6 Å². The molecule has 5 heteroatoms. The second kappa shape index (κ2) is 5.42. The summed E-state index contributed by atoms with van der Waals surface area (Å²) in [5.74, 6) is 0.777. The van der Waals surface area contributed by atoms with Crippen LogP contribution in [0.3, 0.4) is 0 Å². The van der Waals surface area contributed by atoms with E-state index in [1.165, 1.54) is 0 Å². The summed E-state index contributed by atoms with van der Waals surface area (Å²) in [6, 6.07) is 2.03. The Kier molecular flexibility index (Phi) is 4.13. The molecule has 0 saturated carbocycles. The van der Waals surface area contributed by atoms with Gasteiger partial charge in [0.2, 0.25) is 0 Å². The fourth-order valence-corrected chi connectivity index (χ4v) is 2.86. The summed E-state index contributed by atoms with van der Waals surface area (Å²) in [6.07, 6.45) is 4.25. The molecule has 2 atom stereocenters. The molecule has 1 N–H and O–H groups in total. The zero-order chi connectivity index (χ0) is 12.4. The maximum absolute atomic E-state index is 9.49. The summed E-state index contributed by atoms with van der Waals surface area (Å²) >= 11 is 12.0. The van der Waals surface area contributed by atoms with Gasteiger partial charge in [0, 0.05) is 18.8 Å². The first-order chi connectivity index (χ1) is 8.08. The average molecular weight is 275 g/mol. The number of anilines is 1. The number of rotatable bonds is 3. The Morgan fingerprint density at radius 1 is 1.59 bits per heavy atom. The summed E-state index contributed by atoms with van der Waals surface area (Å²) < 4.78 is 0. The summed E-state index contributed by atoms with van der Waals surface area (Å²) in [4.78, 5) is 6.47. The molecule has 0 bridgehead atoms. The monoisotopic (exact) mass is 274 g/mol. The zero-order valence-corrected chi connectivity index (χ0v) is 11.2. The molecule has 1 aliphatic heterocycles. The molecule has 2 rings (SSSR count). The number of hydrogen-bond donors (Lipinski definition) is 1. The van der Waals surface area contributed by atoms with Gasteiger partial charge in [0.05, 0.1) is 16.1 Å². The van der Waals surface area contributed by atoms with Crippen molar-refractivity contribution in [2.45, 2.75) is 38.3 Å². The fraction of sp³-hybridized carbons (Fsp3) is 0.583. The molecule has 3 nitrogen and oxygen atoms in total. The highest BCUT2D eigenvalue weighted by atomic mass is 35.5. The van der Waals surface area contributed by atoms with Crippen LogP contribution in [-0.4, -0.2) is 28.8 Å². The molecular formula is C12H16Cl2N2O. The van der Waals surface area contributed by atoms with Crippen LogP contribution >= 0.6 is 23.2 Å².